The summed E-state index contributed by atoms with van der Waals surface area (Å²) in [5.41, 5.74) is 9.11. The topological polar surface area (TPSA) is 60.1 Å². The SMILES string of the molecule is Nc1cc(Cl)ccc1C(=O)Nn1cccc1. The van der Waals surface area contributed by atoms with Crippen LogP contribution in [0.4, 0.5) is 5.69 Å². The fraction of sp³-hybridized carbons (Fsp3) is 0. The molecule has 1 heterocycles. The molecule has 82 valence electrons. The summed E-state index contributed by atoms with van der Waals surface area (Å²) < 4.78 is 1.55. The van der Waals surface area contributed by atoms with Crippen LogP contribution < -0.4 is 11.2 Å². The van der Waals surface area contributed by atoms with Gasteiger partial charge in [-0.05, 0) is 30.3 Å². The number of nitrogen functional groups attached to an aromatic ring is 1. The van der Waals surface area contributed by atoms with Crippen LogP contribution in [-0.2, 0) is 0 Å². The van der Waals surface area contributed by atoms with Crippen molar-refractivity contribution in [1.82, 2.24) is 4.68 Å². The summed E-state index contributed by atoms with van der Waals surface area (Å²) in [6.45, 7) is 0. The van der Waals surface area contributed by atoms with Crippen molar-refractivity contribution in [3.05, 3.63) is 53.3 Å². The normalized spacial score (nSPS) is 10.1. The fourth-order valence-electron chi connectivity index (χ4n) is 1.33. The summed E-state index contributed by atoms with van der Waals surface area (Å²) in [6, 6.07) is 8.39. The monoisotopic (exact) mass is 235 g/mol. The average molecular weight is 236 g/mol. The van der Waals surface area contributed by atoms with E-state index in [1.165, 1.54) is 0 Å². The quantitative estimate of drug-likeness (QED) is 0.784. The predicted molar refractivity (Wildman–Crippen MR) is 64.0 cm³/mol. The van der Waals surface area contributed by atoms with E-state index in [2.05, 4.69) is 5.43 Å². The Balaban J connectivity index is 2.21. The molecular weight excluding hydrogens is 226 g/mol. The van der Waals surface area contributed by atoms with E-state index in [0.717, 1.165) is 0 Å². The number of amides is 1. The van der Waals surface area contributed by atoms with Gasteiger partial charge in [0.15, 0.2) is 0 Å². The van der Waals surface area contributed by atoms with Crippen LogP contribution in [0.15, 0.2) is 42.7 Å². The molecule has 1 aromatic heterocycles. The maximum Gasteiger partial charge on any atom is 0.272 e. The summed E-state index contributed by atoms with van der Waals surface area (Å²) in [5.74, 6) is -0.273. The van der Waals surface area contributed by atoms with Crippen LogP contribution in [0.2, 0.25) is 5.02 Å². The Hall–Kier alpha value is -1.94. The molecule has 0 spiro atoms. The van der Waals surface area contributed by atoms with Crippen molar-refractivity contribution < 1.29 is 4.79 Å². The van der Waals surface area contributed by atoms with Gasteiger partial charge in [0.2, 0.25) is 0 Å². The molecule has 0 aliphatic carbocycles. The van der Waals surface area contributed by atoms with Crippen LogP contribution in [0, 0.1) is 0 Å². The number of carbonyl (C=O) groups excluding carboxylic acids is 1. The molecule has 2 rings (SSSR count). The van der Waals surface area contributed by atoms with E-state index >= 15 is 0 Å². The van der Waals surface area contributed by atoms with Gasteiger partial charge in [-0.15, -0.1) is 0 Å². The van der Waals surface area contributed by atoms with Crippen molar-refractivity contribution in [2.45, 2.75) is 0 Å². The zero-order valence-corrected chi connectivity index (χ0v) is 9.11. The number of nitrogens with zero attached hydrogens (tertiary/aromatic N) is 1. The molecule has 0 saturated carbocycles. The van der Waals surface area contributed by atoms with Gasteiger partial charge >= 0.3 is 0 Å². The highest BCUT2D eigenvalue weighted by molar-refractivity contribution is 6.31. The Morgan fingerprint density at radius 3 is 2.62 bits per heavy atom. The number of carbonyl (C=O) groups is 1. The van der Waals surface area contributed by atoms with E-state index in [-0.39, 0.29) is 5.91 Å². The van der Waals surface area contributed by atoms with Gasteiger partial charge in [0.05, 0.1) is 5.56 Å². The summed E-state index contributed by atoms with van der Waals surface area (Å²) >= 11 is 5.75. The van der Waals surface area contributed by atoms with E-state index in [9.17, 15) is 4.79 Å². The molecule has 0 aliphatic heterocycles. The van der Waals surface area contributed by atoms with E-state index in [1.807, 2.05) is 12.1 Å². The Morgan fingerprint density at radius 1 is 1.31 bits per heavy atom. The second-order valence-electron chi connectivity index (χ2n) is 3.26. The third-order valence-corrected chi connectivity index (χ3v) is 2.33. The molecule has 2 aromatic rings. The highest BCUT2D eigenvalue weighted by Gasteiger charge is 2.09. The van der Waals surface area contributed by atoms with E-state index < -0.39 is 0 Å². The molecule has 3 N–H and O–H groups in total. The number of hydrogen-bond acceptors (Lipinski definition) is 2. The van der Waals surface area contributed by atoms with Crippen molar-refractivity contribution in [3.8, 4) is 0 Å². The van der Waals surface area contributed by atoms with Gasteiger partial charge in [0, 0.05) is 23.1 Å². The highest BCUT2D eigenvalue weighted by Crippen LogP contribution is 2.17. The molecule has 1 aromatic carbocycles. The fourth-order valence-corrected chi connectivity index (χ4v) is 1.51. The Morgan fingerprint density at radius 2 is 2.00 bits per heavy atom. The van der Waals surface area contributed by atoms with E-state index in [4.69, 9.17) is 17.3 Å². The van der Waals surface area contributed by atoms with Crippen molar-refractivity contribution in [2.75, 3.05) is 11.2 Å². The number of rotatable bonds is 2. The molecule has 0 fully saturated rings. The first-order valence-electron chi connectivity index (χ1n) is 4.66. The first-order chi connectivity index (χ1) is 7.66. The number of halogens is 1. The highest BCUT2D eigenvalue weighted by atomic mass is 35.5. The summed E-state index contributed by atoms with van der Waals surface area (Å²) in [6.07, 6.45) is 3.45. The van der Waals surface area contributed by atoms with Gasteiger partial charge < -0.3 is 5.73 Å². The molecule has 5 heteroatoms. The zero-order valence-electron chi connectivity index (χ0n) is 8.35. The summed E-state index contributed by atoms with van der Waals surface area (Å²) in [4.78, 5) is 11.8. The van der Waals surface area contributed by atoms with Crippen LogP contribution in [0.5, 0.6) is 0 Å². The van der Waals surface area contributed by atoms with E-state index in [1.54, 1.807) is 35.3 Å². The van der Waals surface area contributed by atoms with Crippen LogP contribution in [-0.4, -0.2) is 10.6 Å². The zero-order chi connectivity index (χ0) is 11.5. The summed E-state index contributed by atoms with van der Waals surface area (Å²) in [7, 11) is 0. The lowest BCUT2D eigenvalue weighted by atomic mass is 10.2. The van der Waals surface area contributed by atoms with Crippen molar-refractivity contribution in [3.63, 3.8) is 0 Å². The molecule has 1 amide bonds. The Labute approximate surface area is 97.6 Å². The second-order valence-corrected chi connectivity index (χ2v) is 3.70. The van der Waals surface area contributed by atoms with Crippen LogP contribution in [0.3, 0.4) is 0 Å². The molecule has 0 bridgehead atoms. The number of hydrogen-bond donors (Lipinski definition) is 2. The molecule has 0 saturated heterocycles. The smallest absolute Gasteiger partial charge is 0.272 e. The lowest BCUT2D eigenvalue weighted by Crippen LogP contribution is -2.22. The standard InChI is InChI=1S/C11H10ClN3O/c12-8-3-4-9(10(13)7-8)11(16)14-15-5-1-2-6-15/h1-7H,13H2,(H,14,16). The van der Waals surface area contributed by atoms with E-state index in [0.29, 0.717) is 16.3 Å². The Kier molecular flexibility index (Phi) is 2.83. The number of nitrogens with two attached hydrogens (primary N) is 1. The number of nitrogens with one attached hydrogen (secondary N) is 1. The molecule has 4 nitrogen and oxygen atoms in total. The van der Waals surface area contributed by atoms with Gasteiger partial charge in [-0.25, -0.2) is 0 Å². The minimum atomic E-state index is -0.273. The first kappa shape index (κ1) is 10.6. The lowest BCUT2D eigenvalue weighted by Gasteiger charge is -2.08. The van der Waals surface area contributed by atoms with Gasteiger partial charge in [0.25, 0.3) is 5.91 Å². The first-order valence-corrected chi connectivity index (χ1v) is 5.04. The lowest BCUT2D eigenvalue weighted by molar-refractivity contribution is 0.101. The summed E-state index contributed by atoms with van der Waals surface area (Å²) in [5, 5.41) is 0.509. The number of benzene rings is 1. The van der Waals surface area contributed by atoms with Gasteiger partial charge in [-0.1, -0.05) is 11.6 Å². The molecule has 0 unspecified atom stereocenters. The second kappa shape index (κ2) is 4.28. The van der Waals surface area contributed by atoms with Crippen molar-refractivity contribution >= 4 is 23.2 Å². The molecule has 16 heavy (non-hydrogen) atoms. The van der Waals surface area contributed by atoms with Crippen LogP contribution >= 0.6 is 11.6 Å². The molecule has 0 aliphatic rings. The van der Waals surface area contributed by atoms with Crippen molar-refractivity contribution in [2.24, 2.45) is 0 Å². The van der Waals surface area contributed by atoms with Crippen molar-refractivity contribution in [1.29, 1.82) is 0 Å². The van der Waals surface area contributed by atoms with Crippen LogP contribution in [0.25, 0.3) is 0 Å². The van der Waals surface area contributed by atoms with Crippen LogP contribution in [0.1, 0.15) is 10.4 Å². The minimum Gasteiger partial charge on any atom is -0.398 e. The molecule has 0 radical (unpaired) electrons. The number of anilines is 1. The van der Waals surface area contributed by atoms with Gasteiger partial charge in [0.1, 0.15) is 0 Å². The number of aromatic nitrogens is 1. The Bertz CT molecular complexity index is 508. The third-order valence-electron chi connectivity index (χ3n) is 2.09. The van der Waals surface area contributed by atoms with Gasteiger partial charge in [-0.2, -0.15) is 0 Å². The molecular formula is C11H10ClN3O. The average Bonchev–Trinajstić information content (AvgIpc) is 2.70. The predicted octanol–water partition coefficient (Wildman–Crippen LogP) is 2.11. The van der Waals surface area contributed by atoms with Gasteiger partial charge in [-0.3, -0.25) is 14.9 Å². The molecule has 0 atom stereocenters. The largest absolute Gasteiger partial charge is 0.398 e. The minimum absolute atomic E-state index is 0.273. The third kappa shape index (κ3) is 2.17. The maximum absolute atomic E-state index is 11.8. The maximum atomic E-state index is 11.8.